The molecule has 0 bridgehead atoms. The molecule has 1 fully saturated rings. The Bertz CT molecular complexity index is 950. The molecule has 1 aliphatic heterocycles. The molecule has 0 N–H and O–H groups in total. The van der Waals surface area contributed by atoms with E-state index in [1.807, 2.05) is 11.8 Å². The van der Waals surface area contributed by atoms with Gasteiger partial charge >= 0.3 is 5.97 Å². The van der Waals surface area contributed by atoms with Crippen LogP contribution in [0, 0.1) is 5.82 Å². The molecule has 2 atom stereocenters. The first-order valence-electron chi connectivity index (χ1n) is 10.5. The maximum absolute atomic E-state index is 13.2. The van der Waals surface area contributed by atoms with Crippen molar-refractivity contribution in [2.24, 2.45) is 0 Å². The van der Waals surface area contributed by atoms with Crippen molar-refractivity contribution < 1.29 is 28.2 Å². The van der Waals surface area contributed by atoms with Crippen LogP contribution in [0.2, 0.25) is 0 Å². The second-order valence-electron chi connectivity index (χ2n) is 7.95. The molecule has 0 radical (unpaired) electrons. The van der Waals surface area contributed by atoms with E-state index in [1.54, 1.807) is 24.3 Å². The minimum Gasteiger partial charge on any atom is -0.493 e. The van der Waals surface area contributed by atoms with Gasteiger partial charge in [-0.3, -0.25) is 9.69 Å². The monoisotopic (exact) mass is 444 g/mol. The molecule has 2 aromatic carbocycles. The smallest absolute Gasteiger partial charge is 0.337 e. The zero-order valence-electron chi connectivity index (χ0n) is 18.8. The van der Waals surface area contributed by atoms with E-state index in [9.17, 15) is 14.0 Å². The van der Waals surface area contributed by atoms with Crippen LogP contribution in [0.4, 0.5) is 4.39 Å². The highest BCUT2D eigenvalue weighted by molar-refractivity contribution is 5.90. The molecule has 0 aliphatic carbocycles. The van der Waals surface area contributed by atoms with Crippen LogP contribution in [-0.2, 0) is 16.1 Å². The zero-order valence-corrected chi connectivity index (χ0v) is 18.8. The summed E-state index contributed by atoms with van der Waals surface area (Å²) >= 11 is 0. The average Bonchev–Trinajstić information content (AvgIpc) is 2.80. The molecule has 1 saturated heterocycles. The Morgan fingerprint density at radius 3 is 2.38 bits per heavy atom. The van der Waals surface area contributed by atoms with E-state index in [0.29, 0.717) is 36.7 Å². The Hall–Kier alpha value is -3.13. The fraction of sp³-hybridized carbons (Fsp3) is 0.417. The van der Waals surface area contributed by atoms with E-state index in [-0.39, 0.29) is 30.4 Å². The minimum atomic E-state index is -0.479. The van der Waals surface area contributed by atoms with Crippen molar-refractivity contribution in [2.45, 2.75) is 32.5 Å². The molecule has 0 aromatic heterocycles. The number of carbonyl (C=O) groups excluding carboxylic acids is 2. The molecule has 2 aromatic rings. The second-order valence-corrected chi connectivity index (χ2v) is 7.95. The van der Waals surface area contributed by atoms with Crippen LogP contribution < -0.4 is 9.47 Å². The van der Waals surface area contributed by atoms with Gasteiger partial charge in [0.05, 0.1) is 19.8 Å². The number of rotatable bonds is 7. The van der Waals surface area contributed by atoms with Gasteiger partial charge in [0.1, 0.15) is 5.82 Å². The zero-order chi connectivity index (χ0) is 23.3. The van der Waals surface area contributed by atoms with Crippen LogP contribution >= 0.6 is 0 Å². The number of ether oxygens (including phenoxy) is 3. The van der Waals surface area contributed by atoms with Crippen molar-refractivity contribution in [3.05, 3.63) is 59.4 Å². The first-order valence-corrected chi connectivity index (χ1v) is 10.5. The van der Waals surface area contributed by atoms with Gasteiger partial charge in [-0.1, -0.05) is 12.1 Å². The van der Waals surface area contributed by atoms with E-state index in [4.69, 9.17) is 14.2 Å². The van der Waals surface area contributed by atoms with Crippen LogP contribution in [0.5, 0.6) is 11.5 Å². The molecule has 1 amide bonds. The number of hydrogen-bond donors (Lipinski definition) is 0. The van der Waals surface area contributed by atoms with E-state index >= 15 is 0 Å². The van der Waals surface area contributed by atoms with Crippen molar-refractivity contribution in [3.63, 3.8) is 0 Å². The lowest BCUT2D eigenvalue weighted by Crippen LogP contribution is -2.58. The minimum absolute atomic E-state index is 0.00587. The van der Waals surface area contributed by atoms with E-state index < -0.39 is 5.97 Å². The first kappa shape index (κ1) is 23.5. The standard InChI is InChI=1S/C24H29FN2O5/c1-16-13-27(17(2)12-26(16)14-18-5-8-20(25)9-6-18)23(28)15-32-21-10-7-19(24(29)31-4)11-22(21)30-3/h5-11,16-17H,12-15H2,1-4H3/t16-,17+/m1/s1. The van der Waals surface area contributed by atoms with Gasteiger partial charge in [-0.25, -0.2) is 9.18 Å². The van der Waals surface area contributed by atoms with Gasteiger partial charge in [-0.15, -0.1) is 0 Å². The summed E-state index contributed by atoms with van der Waals surface area (Å²) in [5, 5.41) is 0. The number of nitrogens with zero attached hydrogens (tertiary/aromatic N) is 2. The summed E-state index contributed by atoms with van der Waals surface area (Å²) in [6.07, 6.45) is 0. The third-order valence-electron chi connectivity index (χ3n) is 5.67. The molecule has 172 valence electrons. The summed E-state index contributed by atoms with van der Waals surface area (Å²) in [5.74, 6) is -0.116. The summed E-state index contributed by atoms with van der Waals surface area (Å²) in [7, 11) is 2.77. The molecular formula is C24H29FN2O5. The third kappa shape index (κ3) is 5.56. The summed E-state index contributed by atoms with van der Waals surface area (Å²) in [6.45, 7) is 5.93. The number of hydrogen-bond acceptors (Lipinski definition) is 6. The fourth-order valence-electron chi connectivity index (χ4n) is 3.84. The Balaban J connectivity index is 1.59. The van der Waals surface area contributed by atoms with Gasteiger partial charge in [0, 0.05) is 31.7 Å². The van der Waals surface area contributed by atoms with Crippen molar-refractivity contribution in [1.29, 1.82) is 0 Å². The molecule has 1 aliphatic rings. The Morgan fingerprint density at radius 2 is 1.72 bits per heavy atom. The number of esters is 1. The van der Waals surface area contributed by atoms with E-state index in [1.165, 1.54) is 32.4 Å². The van der Waals surface area contributed by atoms with Gasteiger partial charge in [0.25, 0.3) is 5.91 Å². The topological polar surface area (TPSA) is 68.3 Å². The predicted molar refractivity (Wildman–Crippen MR) is 117 cm³/mol. The maximum Gasteiger partial charge on any atom is 0.337 e. The number of methoxy groups -OCH3 is 2. The predicted octanol–water partition coefficient (Wildman–Crippen LogP) is 3.12. The molecule has 8 heteroatoms. The van der Waals surface area contributed by atoms with Crippen molar-refractivity contribution >= 4 is 11.9 Å². The number of benzene rings is 2. The number of amides is 1. The van der Waals surface area contributed by atoms with E-state index in [0.717, 1.165) is 5.56 Å². The number of piperazine rings is 1. The quantitative estimate of drug-likeness (QED) is 0.612. The third-order valence-corrected chi connectivity index (χ3v) is 5.67. The number of carbonyl (C=O) groups is 2. The molecule has 0 saturated carbocycles. The molecular weight excluding hydrogens is 415 g/mol. The summed E-state index contributed by atoms with van der Waals surface area (Å²) in [6, 6.07) is 11.3. The maximum atomic E-state index is 13.2. The van der Waals surface area contributed by atoms with Gasteiger partial charge in [-0.05, 0) is 49.7 Å². The summed E-state index contributed by atoms with van der Waals surface area (Å²) < 4.78 is 28.9. The lowest BCUT2D eigenvalue weighted by atomic mass is 10.1. The molecule has 0 spiro atoms. The van der Waals surface area contributed by atoms with Gasteiger partial charge in [-0.2, -0.15) is 0 Å². The molecule has 7 nitrogen and oxygen atoms in total. The van der Waals surface area contributed by atoms with Crippen LogP contribution in [0.1, 0.15) is 29.8 Å². The van der Waals surface area contributed by atoms with Gasteiger partial charge in [0.15, 0.2) is 18.1 Å². The Labute approximate surface area is 187 Å². The summed E-state index contributed by atoms with van der Waals surface area (Å²) in [5.41, 5.74) is 1.37. The fourth-order valence-corrected chi connectivity index (χ4v) is 3.84. The van der Waals surface area contributed by atoms with E-state index in [2.05, 4.69) is 11.8 Å². The second kappa shape index (κ2) is 10.5. The summed E-state index contributed by atoms with van der Waals surface area (Å²) in [4.78, 5) is 28.7. The lowest BCUT2D eigenvalue weighted by molar-refractivity contribution is -0.139. The highest BCUT2D eigenvalue weighted by Crippen LogP contribution is 2.28. The largest absolute Gasteiger partial charge is 0.493 e. The van der Waals surface area contributed by atoms with Crippen LogP contribution in [-0.4, -0.2) is 67.7 Å². The molecule has 0 unspecified atom stereocenters. The number of halogens is 1. The first-order chi connectivity index (χ1) is 15.3. The normalized spacial score (nSPS) is 18.8. The van der Waals surface area contributed by atoms with Crippen LogP contribution in [0.15, 0.2) is 42.5 Å². The lowest BCUT2D eigenvalue weighted by Gasteiger charge is -2.44. The van der Waals surface area contributed by atoms with Crippen LogP contribution in [0.25, 0.3) is 0 Å². The van der Waals surface area contributed by atoms with Crippen LogP contribution in [0.3, 0.4) is 0 Å². The van der Waals surface area contributed by atoms with Crippen molar-refractivity contribution in [1.82, 2.24) is 9.80 Å². The molecule has 32 heavy (non-hydrogen) atoms. The average molecular weight is 445 g/mol. The Kier molecular flexibility index (Phi) is 7.69. The van der Waals surface area contributed by atoms with Gasteiger partial charge in [0.2, 0.25) is 0 Å². The van der Waals surface area contributed by atoms with Crippen molar-refractivity contribution in [3.8, 4) is 11.5 Å². The van der Waals surface area contributed by atoms with Crippen molar-refractivity contribution in [2.75, 3.05) is 33.9 Å². The SMILES string of the molecule is COC(=O)c1ccc(OCC(=O)N2C[C@@H](C)N(Cc3ccc(F)cc3)C[C@@H]2C)c(OC)c1. The van der Waals surface area contributed by atoms with Gasteiger partial charge < -0.3 is 19.1 Å². The highest BCUT2D eigenvalue weighted by atomic mass is 19.1. The molecule has 3 rings (SSSR count). The highest BCUT2D eigenvalue weighted by Gasteiger charge is 2.32. The Morgan fingerprint density at radius 1 is 1.00 bits per heavy atom. The molecule has 1 heterocycles.